The quantitative estimate of drug-likeness (QED) is 0.369. The number of aliphatic hydroxyl groups excluding tert-OH is 1. The second kappa shape index (κ2) is 11.4. The van der Waals surface area contributed by atoms with Crippen LogP contribution in [-0.2, 0) is 32.9 Å². The lowest BCUT2D eigenvalue weighted by molar-refractivity contribution is -0.123. The highest BCUT2D eigenvalue weighted by Crippen LogP contribution is 2.05. The first-order valence-electron chi connectivity index (χ1n) is 7.60. The van der Waals surface area contributed by atoms with Crippen LogP contribution in [0.1, 0.15) is 0 Å². The van der Waals surface area contributed by atoms with Crippen molar-refractivity contribution < 1.29 is 38.0 Å². The predicted octanol–water partition coefficient (Wildman–Crippen LogP) is -0.128. The highest BCUT2D eigenvalue weighted by Gasteiger charge is 2.23. The zero-order chi connectivity index (χ0) is 16.2. The number of ether oxygens (including phenoxy) is 4. The highest BCUT2D eigenvalue weighted by molar-refractivity contribution is 6.36. The van der Waals surface area contributed by atoms with Crippen molar-refractivity contribution in [3.63, 3.8) is 0 Å². The molecule has 0 amide bonds. The predicted molar refractivity (Wildman–Crippen MR) is 80.4 cm³/mol. The van der Waals surface area contributed by atoms with E-state index in [-0.39, 0.29) is 25.4 Å². The van der Waals surface area contributed by atoms with Gasteiger partial charge in [-0.3, -0.25) is 0 Å². The van der Waals surface area contributed by atoms with E-state index in [1.54, 1.807) is 12.2 Å². The maximum Gasteiger partial charge on any atom is 0.787 e. The molecule has 2 aliphatic rings. The summed E-state index contributed by atoms with van der Waals surface area (Å²) >= 11 is 0. The summed E-state index contributed by atoms with van der Waals surface area (Å²) in [6, 6.07) is 0. The highest BCUT2D eigenvalue weighted by atomic mass is 16.7. The molecule has 0 aromatic carbocycles. The Hall–Kier alpha value is -1.10. The Morgan fingerprint density at radius 2 is 1.43 bits per heavy atom. The maximum atomic E-state index is 8.79. The molecule has 8 nitrogen and oxygen atoms in total. The van der Waals surface area contributed by atoms with Crippen LogP contribution in [0, 0.1) is 0 Å². The van der Waals surface area contributed by atoms with Gasteiger partial charge in [0.15, 0.2) is 0 Å². The third-order valence-corrected chi connectivity index (χ3v) is 2.99. The van der Waals surface area contributed by atoms with Gasteiger partial charge in [-0.2, -0.15) is 0 Å². The van der Waals surface area contributed by atoms with Crippen molar-refractivity contribution in [2.45, 2.75) is 12.2 Å². The van der Waals surface area contributed by atoms with Crippen LogP contribution in [0.3, 0.4) is 0 Å². The Bertz CT molecular complexity index is 327. The van der Waals surface area contributed by atoms with Crippen LogP contribution in [-0.4, -0.2) is 77.5 Å². The minimum absolute atomic E-state index is 0.109. The molecule has 2 saturated heterocycles. The average molecular weight is 330 g/mol. The SMILES string of the molecule is OCCOB(O/C=C/COC1COC1)O/C=C/COC1COC1. The molecule has 2 heterocycles. The molecule has 130 valence electrons. The van der Waals surface area contributed by atoms with Gasteiger partial charge < -0.3 is 38.0 Å². The third kappa shape index (κ3) is 7.82. The van der Waals surface area contributed by atoms with Gasteiger partial charge in [-0.15, -0.1) is 0 Å². The molecule has 23 heavy (non-hydrogen) atoms. The first kappa shape index (κ1) is 18.2. The van der Waals surface area contributed by atoms with Crippen LogP contribution in [0.5, 0.6) is 0 Å². The molecular weight excluding hydrogens is 307 g/mol. The molecule has 0 aromatic rings. The number of hydrogen-bond acceptors (Lipinski definition) is 8. The fraction of sp³-hybridized carbons (Fsp3) is 0.714. The van der Waals surface area contributed by atoms with E-state index in [0.717, 1.165) is 0 Å². The fourth-order valence-electron chi connectivity index (χ4n) is 1.58. The topological polar surface area (TPSA) is 84.8 Å². The molecule has 2 rings (SSSR count). The molecule has 2 fully saturated rings. The van der Waals surface area contributed by atoms with E-state index in [0.29, 0.717) is 39.6 Å². The molecule has 0 atom stereocenters. The number of rotatable bonds is 13. The van der Waals surface area contributed by atoms with Crippen molar-refractivity contribution in [2.24, 2.45) is 0 Å². The summed E-state index contributed by atoms with van der Waals surface area (Å²) in [6.45, 7) is 3.39. The van der Waals surface area contributed by atoms with E-state index in [4.69, 9.17) is 38.0 Å². The Labute approximate surface area is 136 Å². The summed E-state index contributed by atoms with van der Waals surface area (Å²) in [6.07, 6.45) is 6.64. The van der Waals surface area contributed by atoms with E-state index in [1.165, 1.54) is 12.5 Å². The van der Waals surface area contributed by atoms with Gasteiger partial charge in [0.1, 0.15) is 12.2 Å². The van der Waals surface area contributed by atoms with E-state index in [9.17, 15) is 0 Å². The monoisotopic (exact) mass is 330 g/mol. The lowest BCUT2D eigenvalue weighted by atomic mass is 10.2. The van der Waals surface area contributed by atoms with Crippen molar-refractivity contribution in [1.82, 2.24) is 0 Å². The minimum atomic E-state index is -0.936. The number of aliphatic hydroxyl groups is 1. The molecule has 2 aliphatic heterocycles. The minimum Gasteiger partial charge on any atom is -0.508 e. The Morgan fingerprint density at radius 1 is 0.913 bits per heavy atom. The van der Waals surface area contributed by atoms with Gasteiger partial charge in [0.05, 0.1) is 65.4 Å². The van der Waals surface area contributed by atoms with Gasteiger partial charge in [-0.1, -0.05) is 0 Å². The Kier molecular flexibility index (Phi) is 9.08. The molecule has 0 aromatic heterocycles. The zero-order valence-corrected chi connectivity index (χ0v) is 13.0. The lowest BCUT2D eigenvalue weighted by Gasteiger charge is -2.25. The molecule has 0 unspecified atom stereocenters. The fourth-order valence-corrected chi connectivity index (χ4v) is 1.58. The van der Waals surface area contributed by atoms with Crippen molar-refractivity contribution >= 4 is 7.32 Å². The van der Waals surface area contributed by atoms with Crippen molar-refractivity contribution in [1.29, 1.82) is 0 Å². The first-order chi connectivity index (χ1) is 11.4. The number of hydrogen-bond donors (Lipinski definition) is 1. The van der Waals surface area contributed by atoms with Crippen LogP contribution in [0.25, 0.3) is 0 Å². The molecule has 0 saturated carbocycles. The van der Waals surface area contributed by atoms with E-state index in [1.807, 2.05) is 0 Å². The van der Waals surface area contributed by atoms with E-state index in [2.05, 4.69) is 0 Å². The van der Waals surface area contributed by atoms with Crippen molar-refractivity contribution in [3.8, 4) is 0 Å². The smallest absolute Gasteiger partial charge is 0.508 e. The molecular formula is C14H23BO8. The van der Waals surface area contributed by atoms with Gasteiger partial charge >= 0.3 is 7.32 Å². The molecule has 0 radical (unpaired) electrons. The summed E-state index contributed by atoms with van der Waals surface area (Å²) in [5.74, 6) is 0. The Balaban J connectivity index is 1.55. The van der Waals surface area contributed by atoms with Crippen LogP contribution >= 0.6 is 0 Å². The van der Waals surface area contributed by atoms with Crippen molar-refractivity contribution in [3.05, 3.63) is 24.7 Å². The van der Waals surface area contributed by atoms with E-state index >= 15 is 0 Å². The Morgan fingerprint density at radius 3 is 1.83 bits per heavy atom. The summed E-state index contributed by atoms with van der Waals surface area (Å²) in [4.78, 5) is 0. The second-order valence-corrected chi connectivity index (χ2v) is 4.88. The lowest BCUT2D eigenvalue weighted by Crippen LogP contribution is -2.36. The summed E-state index contributed by atoms with van der Waals surface area (Å²) in [5.41, 5.74) is 0. The maximum absolute atomic E-state index is 8.79. The molecule has 0 spiro atoms. The van der Waals surface area contributed by atoms with Crippen LogP contribution in [0.2, 0.25) is 0 Å². The molecule has 1 N–H and O–H groups in total. The van der Waals surface area contributed by atoms with Crippen LogP contribution in [0.15, 0.2) is 24.7 Å². The zero-order valence-electron chi connectivity index (χ0n) is 13.0. The van der Waals surface area contributed by atoms with Gasteiger partial charge in [-0.05, 0) is 12.2 Å². The van der Waals surface area contributed by atoms with Crippen LogP contribution < -0.4 is 0 Å². The molecule has 0 bridgehead atoms. The van der Waals surface area contributed by atoms with E-state index < -0.39 is 7.32 Å². The van der Waals surface area contributed by atoms with Gasteiger partial charge in [0, 0.05) is 0 Å². The standard InChI is InChI=1S/C14H23BO8/c16-3-8-23-15(21-6-1-4-19-13-9-17-10-13)22-7-2-5-20-14-11-18-12-14/h1-2,6-7,13-14,16H,3-5,8-12H2/b6-1+,7-2+. The van der Waals surface area contributed by atoms with Crippen molar-refractivity contribution in [2.75, 3.05) is 52.9 Å². The van der Waals surface area contributed by atoms with Gasteiger partial charge in [-0.25, -0.2) is 0 Å². The average Bonchev–Trinajstić information content (AvgIpc) is 2.47. The second-order valence-electron chi connectivity index (χ2n) is 4.88. The first-order valence-corrected chi connectivity index (χ1v) is 7.60. The summed E-state index contributed by atoms with van der Waals surface area (Å²) in [5, 5.41) is 8.79. The largest absolute Gasteiger partial charge is 0.787 e. The van der Waals surface area contributed by atoms with Crippen LogP contribution in [0.4, 0.5) is 0 Å². The van der Waals surface area contributed by atoms with Gasteiger partial charge in [0.25, 0.3) is 0 Å². The summed E-state index contributed by atoms with van der Waals surface area (Å²) in [7, 11) is -0.936. The molecule has 0 aliphatic carbocycles. The normalized spacial score (nSPS) is 19.0. The van der Waals surface area contributed by atoms with Gasteiger partial charge in [0.2, 0.25) is 0 Å². The molecule has 9 heteroatoms. The summed E-state index contributed by atoms with van der Waals surface area (Å²) < 4.78 is 36.6. The third-order valence-electron chi connectivity index (χ3n) is 2.99.